The zero-order valence-electron chi connectivity index (χ0n) is 19.5. The Bertz CT molecular complexity index is 1190. The van der Waals surface area contributed by atoms with Crippen molar-refractivity contribution in [2.75, 3.05) is 0 Å². The molecule has 0 aliphatic rings. The minimum Gasteiger partial charge on any atom is -0.444 e. The molecule has 0 spiro atoms. The average molecular weight is 484 g/mol. The lowest BCUT2D eigenvalue weighted by Crippen LogP contribution is -2.32. The number of amides is 2. The Morgan fingerprint density at radius 3 is 2.41 bits per heavy atom. The lowest BCUT2D eigenvalue weighted by molar-refractivity contribution is 0.0523. The number of hydrogen-bond donors (Lipinski definition) is 2. The van der Waals surface area contributed by atoms with E-state index in [1.54, 1.807) is 51.4 Å². The normalized spacial score (nSPS) is 11.1. The molecule has 0 unspecified atom stereocenters. The van der Waals surface area contributed by atoms with E-state index >= 15 is 0 Å². The van der Waals surface area contributed by atoms with E-state index in [9.17, 15) is 14.0 Å². The van der Waals surface area contributed by atoms with Crippen LogP contribution >= 0.6 is 11.6 Å². The molecule has 0 saturated heterocycles. The third kappa shape index (κ3) is 7.28. The van der Waals surface area contributed by atoms with Gasteiger partial charge in [0.15, 0.2) is 0 Å². The van der Waals surface area contributed by atoms with E-state index < -0.39 is 17.5 Å². The van der Waals surface area contributed by atoms with Gasteiger partial charge in [-0.25, -0.2) is 9.18 Å². The van der Waals surface area contributed by atoms with Gasteiger partial charge in [0.1, 0.15) is 11.4 Å². The quantitative estimate of drug-likeness (QED) is 0.464. The largest absolute Gasteiger partial charge is 0.444 e. The molecule has 0 saturated carbocycles. The molecule has 2 amide bonds. The first-order valence-corrected chi connectivity index (χ1v) is 11.1. The number of aryl methyl sites for hydroxylation is 1. The van der Waals surface area contributed by atoms with Crippen LogP contribution in [0, 0.1) is 12.7 Å². The first kappa shape index (κ1) is 25.2. The molecule has 0 fully saturated rings. The van der Waals surface area contributed by atoms with Crippen LogP contribution in [-0.2, 0) is 17.8 Å². The molecule has 2 aromatic carbocycles. The molecule has 3 aromatic rings. The van der Waals surface area contributed by atoms with E-state index in [1.165, 1.54) is 12.1 Å². The van der Waals surface area contributed by atoms with Gasteiger partial charge in [-0.15, -0.1) is 0 Å². The molecule has 0 atom stereocenters. The summed E-state index contributed by atoms with van der Waals surface area (Å²) in [5.41, 5.74) is 3.68. The van der Waals surface area contributed by atoms with E-state index in [-0.39, 0.29) is 24.0 Å². The van der Waals surface area contributed by atoms with Crippen LogP contribution in [0.5, 0.6) is 0 Å². The Kier molecular flexibility index (Phi) is 7.89. The van der Waals surface area contributed by atoms with E-state index in [1.807, 2.05) is 19.1 Å². The van der Waals surface area contributed by atoms with Gasteiger partial charge in [-0.2, -0.15) is 0 Å². The van der Waals surface area contributed by atoms with Gasteiger partial charge in [0, 0.05) is 41.6 Å². The Hall–Kier alpha value is -3.45. The number of nitrogens with zero attached hydrogens (tertiary/aromatic N) is 1. The summed E-state index contributed by atoms with van der Waals surface area (Å²) in [6.45, 7) is 7.59. The number of hydrogen-bond acceptors (Lipinski definition) is 4. The highest BCUT2D eigenvalue weighted by atomic mass is 35.5. The first-order chi connectivity index (χ1) is 16.0. The number of alkyl carbamates (subject to hydrolysis) is 1. The Morgan fingerprint density at radius 1 is 1.03 bits per heavy atom. The SMILES string of the molecule is Cc1ccncc1-c1cc(CNC(=O)OC(C)(C)C)cc(C(=O)NCc2cc(F)cc(Cl)c2)c1. The van der Waals surface area contributed by atoms with Gasteiger partial charge in [-0.3, -0.25) is 9.78 Å². The smallest absolute Gasteiger partial charge is 0.407 e. The van der Waals surface area contributed by atoms with Crippen LogP contribution in [0.25, 0.3) is 11.1 Å². The van der Waals surface area contributed by atoms with E-state index in [0.717, 1.165) is 16.7 Å². The molecule has 178 valence electrons. The van der Waals surface area contributed by atoms with Crippen molar-refractivity contribution in [2.24, 2.45) is 0 Å². The lowest BCUT2D eigenvalue weighted by Gasteiger charge is -2.20. The molecule has 34 heavy (non-hydrogen) atoms. The summed E-state index contributed by atoms with van der Waals surface area (Å²) < 4.78 is 18.9. The van der Waals surface area contributed by atoms with E-state index in [0.29, 0.717) is 16.7 Å². The number of aromatic nitrogens is 1. The standard InChI is InChI=1S/C26H27ClFN3O3/c1-16-5-6-29-15-23(16)19-7-17(14-31-25(33)34-26(2,3)4)8-20(11-19)24(32)30-13-18-9-21(27)12-22(28)10-18/h5-12,15H,13-14H2,1-4H3,(H,30,32)(H,31,33). The van der Waals surface area contributed by atoms with Crippen molar-refractivity contribution in [3.63, 3.8) is 0 Å². The maximum Gasteiger partial charge on any atom is 0.407 e. The molecule has 6 nitrogen and oxygen atoms in total. The van der Waals surface area contributed by atoms with Crippen molar-refractivity contribution >= 4 is 23.6 Å². The molecule has 0 aliphatic carbocycles. The molecule has 1 heterocycles. The maximum atomic E-state index is 13.6. The minimum atomic E-state index is -0.621. The average Bonchev–Trinajstić information content (AvgIpc) is 2.74. The highest BCUT2D eigenvalue weighted by Crippen LogP contribution is 2.25. The van der Waals surface area contributed by atoms with Gasteiger partial charge in [0.25, 0.3) is 5.91 Å². The summed E-state index contributed by atoms with van der Waals surface area (Å²) in [7, 11) is 0. The predicted octanol–water partition coefficient (Wildman–Crippen LogP) is 5.80. The number of halogens is 2. The highest BCUT2D eigenvalue weighted by molar-refractivity contribution is 6.30. The third-order valence-corrected chi connectivity index (χ3v) is 5.03. The first-order valence-electron chi connectivity index (χ1n) is 10.7. The van der Waals surface area contributed by atoms with Gasteiger partial charge in [-0.1, -0.05) is 11.6 Å². The zero-order chi connectivity index (χ0) is 24.9. The minimum absolute atomic E-state index is 0.109. The van der Waals surface area contributed by atoms with E-state index in [4.69, 9.17) is 16.3 Å². The Labute approximate surface area is 203 Å². The number of carbonyl (C=O) groups is 2. The molecular weight excluding hydrogens is 457 g/mol. The second kappa shape index (κ2) is 10.7. The zero-order valence-corrected chi connectivity index (χ0v) is 20.3. The number of ether oxygens (including phenoxy) is 1. The van der Waals surface area contributed by atoms with Crippen LogP contribution in [0.4, 0.5) is 9.18 Å². The molecule has 3 rings (SSSR count). The van der Waals surface area contributed by atoms with Crippen LogP contribution in [0.2, 0.25) is 5.02 Å². The topological polar surface area (TPSA) is 80.3 Å². The maximum absolute atomic E-state index is 13.6. The van der Waals surface area contributed by atoms with Crippen molar-refractivity contribution in [2.45, 2.75) is 46.4 Å². The fourth-order valence-electron chi connectivity index (χ4n) is 3.33. The number of pyridine rings is 1. The summed E-state index contributed by atoms with van der Waals surface area (Å²) in [6, 6.07) is 11.3. The lowest BCUT2D eigenvalue weighted by atomic mass is 9.97. The van der Waals surface area contributed by atoms with Gasteiger partial charge < -0.3 is 15.4 Å². The second-order valence-electron chi connectivity index (χ2n) is 8.93. The van der Waals surface area contributed by atoms with Crippen LogP contribution in [0.1, 0.15) is 47.8 Å². The van der Waals surface area contributed by atoms with Crippen molar-refractivity contribution in [1.82, 2.24) is 15.6 Å². The van der Waals surface area contributed by atoms with Gasteiger partial charge in [-0.05, 0) is 92.4 Å². The molecule has 8 heteroatoms. The molecule has 0 aliphatic heterocycles. The molecule has 0 radical (unpaired) electrons. The van der Waals surface area contributed by atoms with Gasteiger partial charge in [0.05, 0.1) is 0 Å². The third-order valence-electron chi connectivity index (χ3n) is 4.82. The summed E-state index contributed by atoms with van der Waals surface area (Å²) in [6.07, 6.45) is 2.88. The van der Waals surface area contributed by atoms with Gasteiger partial charge >= 0.3 is 6.09 Å². The van der Waals surface area contributed by atoms with Gasteiger partial charge in [0.2, 0.25) is 0 Å². The number of nitrogens with one attached hydrogen (secondary N) is 2. The monoisotopic (exact) mass is 483 g/mol. The molecule has 0 bridgehead atoms. The summed E-state index contributed by atoms with van der Waals surface area (Å²) >= 11 is 5.90. The van der Waals surface area contributed by atoms with Crippen LogP contribution in [0.3, 0.4) is 0 Å². The Balaban J connectivity index is 1.85. The van der Waals surface area contributed by atoms with Crippen LogP contribution in [0.15, 0.2) is 54.9 Å². The summed E-state index contributed by atoms with van der Waals surface area (Å²) in [5.74, 6) is -0.816. The highest BCUT2D eigenvalue weighted by Gasteiger charge is 2.17. The van der Waals surface area contributed by atoms with E-state index in [2.05, 4.69) is 15.6 Å². The predicted molar refractivity (Wildman–Crippen MR) is 130 cm³/mol. The fraction of sp³-hybridized carbons (Fsp3) is 0.269. The summed E-state index contributed by atoms with van der Waals surface area (Å²) in [4.78, 5) is 29.3. The number of carbonyl (C=O) groups excluding carboxylic acids is 2. The number of rotatable bonds is 6. The Morgan fingerprint density at radius 2 is 1.74 bits per heavy atom. The van der Waals surface area contributed by atoms with Crippen molar-refractivity contribution < 1.29 is 18.7 Å². The van der Waals surface area contributed by atoms with Crippen molar-refractivity contribution in [3.05, 3.63) is 88.0 Å². The fourth-order valence-corrected chi connectivity index (χ4v) is 3.58. The summed E-state index contributed by atoms with van der Waals surface area (Å²) in [5, 5.41) is 5.77. The molecule has 1 aromatic heterocycles. The van der Waals surface area contributed by atoms with Crippen molar-refractivity contribution in [1.29, 1.82) is 0 Å². The second-order valence-corrected chi connectivity index (χ2v) is 9.36. The van der Waals surface area contributed by atoms with Crippen LogP contribution in [-0.4, -0.2) is 22.6 Å². The van der Waals surface area contributed by atoms with Crippen LogP contribution < -0.4 is 10.6 Å². The molecular formula is C26H27ClFN3O3. The van der Waals surface area contributed by atoms with Crippen molar-refractivity contribution in [3.8, 4) is 11.1 Å². The number of benzene rings is 2. The molecule has 2 N–H and O–H groups in total.